The van der Waals surface area contributed by atoms with E-state index in [0.717, 1.165) is 24.4 Å². The molecule has 0 amide bonds. The van der Waals surface area contributed by atoms with Crippen molar-refractivity contribution < 1.29 is 10.2 Å². The zero-order chi connectivity index (χ0) is 14.2. The average molecular weight is 293 g/mol. The van der Waals surface area contributed by atoms with Crippen molar-refractivity contribution >= 4 is 11.3 Å². The third-order valence-corrected chi connectivity index (χ3v) is 4.65. The lowest BCUT2D eigenvalue weighted by atomic mass is 9.91. The second-order valence-electron chi connectivity index (χ2n) is 5.17. The van der Waals surface area contributed by atoms with E-state index in [1.54, 1.807) is 11.3 Å². The Balaban J connectivity index is 1.91. The molecule has 110 valence electrons. The van der Waals surface area contributed by atoms with Crippen LogP contribution in [0.3, 0.4) is 0 Å². The highest BCUT2D eigenvalue weighted by atomic mass is 32.1. The third kappa shape index (κ3) is 4.60. The van der Waals surface area contributed by atoms with E-state index in [4.69, 9.17) is 10.2 Å². The van der Waals surface area contributed by atoms with Crippen LogP contribution in [-0.4, -0.2) is 40.9 Å². The smallest absolute Gasteiger partial charge is 0.0771 e. The molecule has 1 aliphatic carbocycles. The second-order valence-corrected chi connectivity index (χ2v) is 6.34. The average Bonchev–Trinajstić information content (AvgIpc) is 2.82. The number of hydrogen-bond donors (Lipinski definition) is 2. The topological polar surface area (TPSA) is 43.7 Å². The molecule has 1 aromatic rings. The highest BCUT2D eigenvalue weighted by Gasteiger charge is 2.24. The Morgan fingerprint density at radius 2 is 2.10 bits per heavy atom. The number of nitrogens with zero attached hydrogens (tertiary/aromatic N) is 1. The van der Waals surface area contributed by atoms with Crippen LogP contribution in [0, 0.1) is 11.8 Å². The molecule has 0 aliphatic heterocycles. The Morgan fingerprint density at radius 3 is 2.75 bits per heavy atom. The monoisotopic (exact) mass is 293 g/mol. The van der Waals surface area contributed by atoms with E-state index in [-0.39, 0.29) is 13.2 Å². The standard InChI is InChI=1S/C16H23NO2S/c18-11-2-1-7-15-8-9-16(20-15)13-17(10-4-12-19)14-5-3-6-14/h8-9,14,18-19H,2-6,10-13H2. The molecule has 1 saturated carbocycles. The molecule has 0 bridgehead atoms. The largest absolute Gasteiger partial charge is 0.396 e. The summed E-state index contributed by atoms with van der Waals surface area (Å²) in [6.07, 6.45) is 5.31. The van der Waals surface area contributed by atoms with Crippen LogP contribution in [0.25, 0.3) is 0 Å². The lowest BCUT2D eigenvalue weighted by Gasteiger charge is -2.37. The Hall–Kier alpha value is -0.860. The summed E-state index contributed by atoms with van der Waals surface area (Å²) in [5.41, 5.74) is 0. The number of thiophene rings is 1. The molecule has 0 atom stereocenters. The summed E-state index contributed by atoms with van der Waals surface area (Å²) in [7, 11) is 0. The predicted octanol–water partition coefficient (Wildman–Crippen LogP) is 2.22. The lowest BCUT2D eigenvalue weighted by Crippen LogP contribution is -2.40. The molecule has 2 rings (SSSR count). The molecular formula is C16H23NO2S. The van der Waals surface area contributed by atoms with Gasteiger partial charge in [0.1, 0.15) is 0 Å². The van der Waals surface area contributed by atoms with Gasteiger partial charge in [-0.3, -0.25) is 4.90 Å². The second kappa shape index (κ2) is 8.43. The SMILES string of the molecule is OCCC#Cc1ccc(CN(CCCO)C2CCC2)s1. The fourth-order valence-corrected chi connectivity index (χ4v) is 3.26. The highest BCUT2D eigenvalue weighted by molar-refractivity contribution is 7.12. The minimum atomic E-state index is 0.127. The van der Waals surface area contributed by atoms with Gasteiger partial charge in [-0.1, -0.05) is 18.3 Å². The summed E-state index contributed by atoms with van der Waals surface area (Å²) < 4.78 is 0. The minimum Gasteiger partial charge on any atom is -0.396 e. The van der Waals surface area contributed by atoms with E-state index < -0.39 is 0 Å². The zero-order valence-electron chi connectivity index (χ0n) is 11.8. The van der Waals surface area contributed by atoms with Gasteiger partial charge in [-0.15, -0.1) is 11.3 Å². The van der Waals surface area contributed by atoms with Crippen molar-refractivity contribution in [2.24, 2.45) is 0 Å². The first-order valence-electron chi connectivity index (χ1n) is 7.37. The summed E-state index contributed by atoms with van der Waals surface area (Å²) in [5.74, 6) is 6.05. The van der Waals surface area contributed by atoms with Gasteiger partial charge >= 0.3 is 0 Å². The molecular weight excluding hydrogens is 270 g/mol. The van der Waals surface area contributed by atoms with Crippen LogP contribution in [0.15, 0.2) is 12.1 Å². The molecule has 0 radical (unpaired) electrons. The number of rotatable bonds is 7. The van der Waals surface area contributed by atoms with Crippen molar-refractivity contribution in [1.29, 1.82) is 0 Å². The van der Waals surface area contributed by atoms with Crippen LogP contribution < -0.4 is 0 Å². The van der Waals surface area contributed by atoms with Crippen molar-refractivity contribution in [2.75, 3.05) is 19.8 Å². The predicted molar refractivity (Wildman–Crippen MR) is 82.7 cm³/mol. The molecule has 0 spiro atoms. The van der Waals surface area contributed by atoms with Crippen molar-refractivity contribution in [3.8, 4) is 11.8 Å². The fraction of sp³-hybridized carbons (Fsp3) is 0.625. The van der Waals surface area contributed by atoms with Crippen LogP contribution in [0.2, 0.25) is 0 Å². The maximum absolute atomic E-state index is 9.02. The normalized spacial score (nSPS) is 14.9. The number of aliphatic hydroxyl groups is 2. The van der Waals surface area contributed by atoms with Crippen molar-refractivity contribution in [2.45, 2.75) is 44.7 Å². The van der Waals surface area contributed by atoms with E-state index in [1.807, 2.05) is 0 Å². The van der Waals surface area contributed by atoms with Crippen LogP contribution in [-0.2, 0) is 6.54 Å². The van der Waals surface area contributed by atoms with E-state index in [2.05, 4.69) is 28.9 Å². The van der Waals surface area contributed by atoms with Crippen molar-refractivity contribution in [3.63, 3.8) is 0 Å². The van der Waals surface area contributed by atoms with E-state index in [1.165, 1.54) is 24.1 Å². The molecule has 4 heteroatoms. The van der Waals surface area contributed by atoms with Crippen molar-refractivity contribution in [1.82, 2.24) is 4.90 Å². The van der Waals surface area contributed by atoms with Gasteiger partial charge in [0.15, 0.2) is 0 Å². The zero-order valence-corrected chi connectivity index (χ0v) is 12.7. The molecule has 1 aromatic heterocycles. The Kier molecular flexibility index (Phi) is 6.55. The fourth-order valence-electron chi connectivity index (χ4n) is 2.35. The molecule has 0 aromatic carbocycles. The van der Waals surface area contributed by atoms with E-state index >= 15 is 0 Å². The Labute approximate surface area is 125 Å². The van der Waals surface area contributed by atoms with Crippen molar-refractivity contribution in [3.05, 3.63) is 21.9 Å². The van der Waals surface area contributed by atoms with Crippen LogP contribution in [0.5, 0.6) is 0 Å². The van der Waals surface area contributed by atoms with Gasteiger partial charge in [0.2, 0.25) is 0 Å². The quantitative estimate of drug-likeness (QED) is 0.758. The van der Waals surface area contributed by atoms with Gasteiger partial charge in [-0.2, -0.15) is 0 Å². The maximum atomic E-state index is 9.02. The summed E-state index contributed by atoms with van der Waals surface area (Å²) in [6.45, 7) is 2.34. The van der Waals surface area contributed by atoms with Gasteiger partial charge in [-0.05, 0) is 31.4 Å². The molecule has 1 fully saturated rings. The van der Waals surface area contributed by atoms with Gasteiger partial charge < -0.3 is 10.2 Å². The first-order valence-corrected chi connectivity index (χ1v) is 8.18. The van der Waals surface area contributed by atoms with Crippen LogP contribution in [0.4, 0.5) is 0 Å². The molecule has 0 saturated heterocycles. The lowest BCUT2D eigenvalue weighted by molar-refractivity contribution is 0.110. The van der Waals surface area contributed by atoms with Gasteiger partial charge in [-0.25, -0.2) is 0 Å². The molecule has 1 aliphatic rings. The van der Waals surface area contributed by atoms with Crippen LogP contribution >= 0.6 is 11.3 Å². The van der Waals surface area contributed by atoms with E-state index in [9.17, 15) is 0 Å². The Bertz CT molecular complexity index is 457. The molecule has 1 heterocycles. The van der Waals surface area contributed by atoms with E-state index in [0.29, 0.717) is 12.5 Å². The summed E-state index contributed by atoms with van der Waals surface area (Å²) in [6, 6.07) is 4.92. The van der Waals surface area contributed by atoms with Crippen LogP contribution in [0.1, 0.15) is 41.9 Å². The van der Waals surface area contributed by atoms with Gasteiger partial charge in [0, 0.05) is 37.0 Å². The molecule has 20 heavy (non-hydrogen) atoms. The molecule has 0 unspecified atom stereocenters. The Morgan fingerprint density at radius 1 is 1.25 bits per heavy atom. The summed E-state index contributed by atoms with van der Waals surface area (Å²) in [5, 5.41) is 17.7. The maximum Gasteiger partial charge on any atom is 0.0771 e. The van der Waals surface area contributed by atoms with Gasteiger partial charge in [0.05, 0.1) is 11.5 Å². The first-order chi connectivity index (χ1) is 9.83. The molecule has 2 N–H and O–H groups in total. The van der Waals surface area contributed by atoms with Gasteiger partial charge in [0.25, 0.3) is 0 Å². The number of aliphatic hydroxyl groups excluding tert-OH is 2. The highest BCUT2D eigenvalue weighted by Crippen LogP contribution is 2.28. The molecule has 3 nitrogen and oxygen atoms in total. The number of hydrogen-bond acceptors (Lipinski definition) is 4. The third-order valence-electron chi connectivity index (χ3n) is 3.66. The summed E-state index contributed by atoms with van der Waals surface area (Å²) >= 11 is 1.74. The minimum absolute atomic E-state index is 0.127. The first kappa shape index (κ1) is 15.5. The summed E-state index contributed by atoms with van der Waals surface area (Å²) in [4.78, 5) is 4.91.